The van der Waals surface area contributed by atoms with Crippen molar-refractivity contribution in [2.24, 2.45) is 23.7 Å². The van der Waals surface area contributed by atoms with E-state index >= 15 is 0 Å². The zero-order chi connectivity index (χ0) is 54.8. The molecule has 0 unspecified atom stereocenters. The Bertz CT molecular complexity index is 2960. The minimum Gasteiger partial charge on any atom is -0.465 e. The SMILES string of the molecule is C=CC(=O)OCOc1ccc(OC(=O)C2CCC(C(=O)OCCc3ccc(OC(=O)C4CCC(C(=O)Oc5cc(OCOC(=O)C=C)cc(OCOC(=O)C=C)c5)CC4)c4nc(-c5ccc([N+](=O)[O-])cc5)sc34)CC2)cc1. The summed E-state index contributed by atoms with van der Waals surface area (Å²) in [5, 5.41) is 11.9. The van der Waals surface area contributed by atoms with Crippen LogP contribution in [-0.4, -0.2) is 78.7 Å². The molecule has 0 spiro atoms. The second-order valence-electron chi connectivity index (χ2n) is 17.4. The lowest BCUT2D eigenvalue weighted by Crippen LogP contribution is -2.30. The molecule has 0 bridgehead atoms. The van der Waals surface area contributed by atoms with Crippen molar-refractivity contribution in [2.45, 2.75) is 57.8 Å². The van der Waals surface area contributed by atoms with Crippen molar-refractivity contribution in [3.05, 3.63) is 133 Å². The number of hydrogen-bond acceptors (Lipinski definition) is 21. The van der Waals surface area contributed by atoms with E-state index in [-0.39, 0.29) is 54.5 Å². The summed E-state index contributed by atoms with van der Waals surface area (Å²) in [4.78, 5) is 103. The Balaban J connectivity index is 0.936. The first-order chi connectivity index (χ1) is 37.2. The zero-order valence-corrected chi connectivity index (χ0v) is 42.2. The molecule has 4 aromatic carbocycles. The molecule has 2 fully saturated rings. The van der Waals surface area contributed by atoms with Crippen LogP contribution in [0.2, 0.25) is 0 Å². The van der Waals surface area contributed by atoms with Gasteiger partial charge in [0.15, 0.2) is 5.75 Å². The predicted molar refractivity (Wildman–Crippen MR) is 272 cm³/mol. The van der Waals surface area contributed by atoms with Gasteiger partial charge in [0, 0.05) is 60.5 Å². The third-order valence-electron chi connectivity index (χ3n) is 12.4. The van der Waals surface area contributed by atoms with Crippen molar-refractivity contribution in [3.8, 4) is 45.1 Å². The van der Waals surface area contributed by atoms with Gasteiger partial charge < -0.3 is 47.4 Å². The Morgan fingerprint density at radius 2 is 0.987 bits per heavy atom. The van der Waals surface area contributed by atoms with Crippen LogP contribution in [0.4, 0.5) is 5.69 Å². The van der Waals surface area contributed by atoms with E-state index in [2.05, 4.69) is 19.7 Å². The number of aromatic nitrogens is 1. The summed E-state index contributed by atoms with van der Waals surface area (Å²) in [5.74, 6) is -4.85. The fourth-order valence-electron chi connectivity index (χ4n) is 8.28. The highest BCUT2D eigenvalue weighted by atomic mass is 32.1. The molecular weight excluding hydrogens is 1020 g/mol. The van der Waals surface area contributed by atoms with E-state index in [1.54, 1.807) is 48.5 Å². The molecule has 1 heterocycles. The lowest BCUT2D eigenvalue weighted by atomic mass is 9.82. The van der Waals surface area contributed by atoms with Gasteiger partial charge in [-0.2, -0.15) is 0 Å². The van der Waals surface area contributed by atoms with Gasteiger partial charge >= 0.3 is 41.8 Å². The van der Waals surface area contributed by atoms with E-state index in [1.807, 2.05) is 0 Å². The first-order valence-electron chi connectivity index (χ1n) is 24.2. The Labute approximate surface area is 444 Å². The molecule has 0 N–H and O–H groups in total. The molecule has 2 aliphatic rings. The highest BCUT2D eigenvalue weighted by Gasteiger charge is 2.34. The third kappa shape index (κ3) is 15.8. The van der Waals surface area contributed by atoms with E-state index in [0.29, 0.717) is 83.7 Å². The molecule has 0 amide bonds. The monoisotopic (exact) mass is 1080 g/mol. The number of rotatable bonds is 24. The highest BCUT2D eigenvalue weighted by Crippen LogP contribution is 2.40. The molecule has 1 aromatic heterocycles. The van der Waals surface area contributed by atoms with Crippen LogP contribution in [0, 0.1) is 33.8 Å². The lowest BCUT2D eigenvalue weighted by Gasteiger charge is -2.26. The molecule has 5 aromatic rings. The molecule has 21 nitrogen and oxygen atoms in total. The lowest BCUT2D eigenvalue weighted by molar-refractivity contribution is -0.384. The summed E-state index contributed by atoms with van der Waals surface area (Å²) in [6, 6.07) is 19.7. The van der Waals surface area contributed by atoms with Crippen molar-refractivity contribution in [1.82, 2.24) is 4.98 Å². The molecule has 402 valence electrons. The van der Waals surface area contributed by atoms with Gasteiger partial charge in [0.25, 0.3) is 5.69 Å². The Morgan fingerprint density at radius 3 is 1.48 bits per heavy atom. The highest BCUT2D eigenvalue weighted by molar-refractivity contribution is 7.21. The van der Waals surface area contributed by atoms with E-state index in [9.17, 15) is 43.7 Å². The predicted octanol–water partition coefficient (Wildman–Crippen LogP) is 8.88. The van der Waals surface area contributed by atoms with Crippen molar-refractivity contribution in [3.63, 3.8) is 0 Å². The van der Waals surface area contributed by atoms with Crippen LogP contribution in [0.1, 0.15) is 56.9 Å². The smallest absolute Gasteiger partial charge is 0.333 e. The van der Waals surface area contributed by atoms with Crippen LogP contribution in [0.3, 0.4) is 0 Å². The summed E-state index contributed by atoms with van der Waals surface area (Å²) in [6.07, 6.45) is 6.12. The van der Waals surface area contributed by atoms with Gasteiger partial charge in [-0.25, -0.2) is 19.4 Å². The Kier molecular flexibility index (Phi) is 19.6. The number of carbonyl (C=O) groups is 7. The minimum atomic E-state index is -0.727. The van der Waals surface area contributed by atoms with Crippen LogP contribution in [-0.2, 0) is 58.9 Å². The Morgan fingerprint density at radius 1 is 0.545 bits per heavy atom. The standard InChI is InChI=1S/C55H52N2O19S/c1-4-46(58)71-30-68-40-20-22-41(23-21-40)74-53(62)36-9-7-35(8-10-36)52(61)67-26-25-33-17-24-45(49-50(33)77-51(56-49)34-15-18-39(19-16-34)57(65)66)76-55(64)38-13-11-37(12-14-38)54(63)75-44-28-42(69-31-72-47(59)5-2)27-43(29-44)70-32-73-48(60)6-3/h4-6,15-24,27-29,35-38H,1-3,7-14,25-26,30-32H2. The third-order valence-corrected chi connectivity index (χ3v) is 13.6. The summed E-state index contributed by atoms with van der Waals surface area (Å²) in [7, 11) is 0. The van der Waals surface area contributed by atoms with Crippen LogP contribution < -0.4 is 28.4 Å². The van der Waals surface area contributed by atoms with Crippen LogP contribution in [0.25, 0.3) is 20.8 Å². The second-order valence-corrected chi connectivity index (χ2v) is 18.4. The number of non-ortho nitro benzene ring substituents is 1. The maximum absolute atomic E-state index is 13.8. The average molecular weight is 1080 g/mol. The van der Waals surface area contributed by atoms with Gasteiger partial charge in [0.1, 0.15) is 39.3 Å². The van der Waals surface area contributed by atoms with Gasteiger partial charge in [-0.1, -0.05) is 25.8 Å². The topological polar surface area (TPSA) is 268 Å². The fourth-order valence-corrected chi connectivity index (χ4v) is 9.41. The number of esters is 7. The van der Waals surface area contributed by atoms with Crippen LogP contribution in [0.5, 0.6) is 34.5 Å². The van der Waals surface area contributed by atoms with Crippen molar-refractivity contribution in [1.29, 1.82) is 0 Å². The average Bonchev–Trinajstić information content (AvgIpc) is 3.92. The van der Waals surface area contributed by atoms with E-state index in [1.165, 1.54) is 41.7 Å². The van der Waals surface area contributed by atoms with Gasteiger partial charge in [-0.15, -0.1) is 11.3 Å². The quantitative estimate of drug-likeness (QED) is 0.0106. The largest absolute Gasteiger partial charge is 0.465 e. The van der Waals surface area contributed by atoms with Crippen molar-refractivity contribution >= 4 is 69.0 Å². The van der Waals surface area contributed by atoms with Crippen molar-refractivity contribution < 1.29 is 85.9 Å². The maximum atomic E-state index is 13.8. The normalized spacial score (nSPS) is 16.8. The van der Waals surface area contributed by atoms with Gasteiger partial charge in [-0.3, -0.25) is 29.3 Å². The van der Waals surface area contributed by atoms with Crippen LogP contribution >= 0.6 is 11.3 Å². The number of nitrogens with zero attached hydrogens (tertiary/aromatic N) is 2. The number of carbonyl (C=O) groups excluding carboxylic acids is 7. The number of hydrogen-bond donors (Lipinski definition) is 0. The summed E-state index contributed by atoms with van der Waals surface area (Å²) in [5.41, 5.74) is 1.61. The summed E-state index contributed by atoms with van der Waals surface area (Å²) < 4.78 is 54.5. The summed E-state index contributed by atoms with van der Waals surface area (Å²) >= 11 is 1.29. The molecule has 7 rings (SSSR count). The molecule has 0 radical (unpaired) electrons. The first-order valence-corrected chi connectivity index (χ1v) is 25.0. The van der Waals surface area contributed by atoms with Gasteiger partial charge in [0.2, 0.25) is 20.4 Å². The molecule has 2 saturated carbocycles. The van der Waals surface area contributed by atoms with E-state index in [4.69, 9.17) is 52.4 Å². The molecule has 0 saturated heterocycles. The molecular formula is C55H52N2O19S. The number of thiazole rings is 1. The number of benzene rings is 4. The first kappa shape index (κ1) is 55.8. The molecule has 2 aliphatic carbocycles. The molecule has 0 atom stereocenters. The van der Waals surface area contributed by atoms with Crippen molar-refractivity contribution in [2.75, 3.05) is 27.0 Å². The minimum absolute atomic E-state index is 0.0243. The maximum Gasteiger partial charge on any atom is 0.333 e. The van der Waals surface area contributed by atoms with Gasteiger partial charge in [-0.05, 0) is 99.4 Å². The van der Waals surface area contributed by atoms with Crippen LogP contribution in [0.15, 0.2) is 117 Å². The molecule has 0 aliphatic heterocycles. The van der Waals surface area contributed by atoms with E-state index < -0.39 is 78.0 Å². The fraction of sp³-hybridized carbons (Fsp3) is 0.309. The number of ether oxygens (including phenoxy) is 10. The Hall–Kier alpha value is -8.92. The zero-order valence-electron chi connectivity index (χ0n) is 41.4. The number of nitro benzene ring substituents is 1. The number of nitro groups is 1. The molecule has 22 heteroatoms. The summed E-state index contributed by atoms with van der Waals surface area (Å²) in [6.45, 7) is 8.70. The second kappa shape index (κ2) is 27.0. The van der Waals surface area contributed by atoms with E-state index in [0.717, 1.165) is 23.8 Å². The van der Waals surface area contributed by atoms with Gasteiger partial charge in [0.05, 0.1) is 39.9 Å². The number of fused-ring (bicyclic) bond motifs is 1. The molecule has 77 heavy (non-hydrogen) atoms.